The lowest BCUT2D eigenvalue weighted by atomic mass is 10.1. The topological polar surface area (TPSA) is 42.1 Å². The first-order valence-corrected chi connectivity index (χ1v) is 7.53. The number of amides is 1. The summed E-state index contributed by atoms with van der Waals surface area (Å²) in [6, 6.07) is 14.7. The van der Waals surface area contributed by atoms with Gasteiger partial charge in [-0.1, -0.05) is 29.8 Å². The minimum absolute atomic E-state index is 0.0559. The van der Waals surface area contributed by atoms with Gasteiger partial charge < -0.3 is 9.47 Å². The molecule has 2 unspecified atom stereocenters. The summed E-state index contributed by atoms with van der Waals surface area (Å²) in [5.41, 5.74) is 2.34. The molecule has 0 bridgehead atoms. The summed E-state index contributed by atoms with van der Waals surface area (Å²) in [7, 11) is 0. The van der Waals surface area contributed by atoms with Crippen LogP contribution in [0.2, 0.25) is 5.02 Å². The highest BCUT2D eigenvalue weighted by Gasteiger charge is 2.39. The highest BCUT2D eigenvalue weighted by molar-refractivity contribution is 6.30. The molecule has 2 atom stereocenters. The van der Waals surface area contributed by atoms with Crippen LogP contribution in [0.25, 0.3) is 0 Å². The molecule has 0 saturated carbocycles. The summed E-state index contributed by atoms with van der Waals surface area (Å²) >= 11 is 5.94. The summed E-state index contributed by atoms with van der Waals surface area (Å²) in [5.74, 6) is -0.0559. The third kappa shape index (κ3) is 2.39. The molecule has 1 fully saturated rings. The molecule has 0 aromatic heterocycles. The van der Waals surface area contributed by atoms with E-state index < -0.39 is 6.23 Å². The van der Waals surface area contributed by atoms with Gasteiger partial charge in [-0.2, -0.15) is 0 Å². The Balaban J connectivity index is 1.71. The SMILES string of the molecule is O=C1c2ccccc2C(OCC2CO2)N1c1ccc(Cl)cc1. The summed E-state index contributed by atoms with van der Waals surface area (Å²) in [6.45, 7) is 1.21. The number of hydrogen-bond acceptors (Lipinski definition) is 3. The maximum atomic E-state index is 12.7. The van der Waals surface area contributed by atoms with E-state index in [1.54, 1.807) is 17.0 Å². The van der Waals surface area contributed by atoms with Gasteiger partial charge in [0, 0.05) is 21.8 Å². The number of hydrogen-bond donors (Lipinski definition) is 0. The number of nitrogens with zero attached hydrogens (tertiary/aromatic N) is 1. The van der Waals surface area contributed by atoms with E-state index in [1.165, 1.54) is 0 Å². The molecule has 112 valence electrons. The van der Waals surface area contributed by atoms with Crippen LogP contribution in [-0.2, 0) is 9.47 Å². The fourth-order valence-electron chi connectivity index (χ4n) is 2.66. The van der Waals surface area contributed by atoms with Gasteiger partial charge in [0.25, 0.3) is 5.91 Å². The molecule has 4 rings (SSSR count). The summed E-state index contributed by atoms with van der Waals surface area (Å²) in [5, 5.41) is 0.636. The minimum atomic E-state index is -0.422. The maximum absolute atomic E-state index is 12.7. The van der Waals surface area contributed by atoms with Crippen LogP contribution in [0.4, 0.5) is 5.69 Å². The van der Waals surface area contributed by atoms with Gasteiger partial charge in [0.05, 0.1) is 13.2 Å². The fraction of sp³-hybridized carbons (Fsp3) is 0.235. The predicted molar refractivity (Wildman–Crippen MR) is 83.1 cm³/mol. The molecular weight excluding hydrogens is 302 g/mol. The molecule has 2 aromatic carbocycles. The number of carbonyl (C=O) groups is 1. The van der Waals surface area contributed by atoms with Crippen molar-refractivity contribution in [3.63, 3.8) is 0 Å². The fourth-order valence-corrected chi connectivity index (χ4v) is 2.79. The van der Waals surface area contributed by atoms with E-state index in [1.807, 2.05) is 36.4 Å². The van der Waals surface area contributed by atoms with Crippen molar-refractivity contribution in [2.45, 2.75) is 12.3 Å². The number of anilines is 1. The second kappa shape index (κ2) is 5.39. The Morgan fingerprint density at radius 1 is 1.18 bits per heavy atom. The zero-order chi connectivity index (χ0) is 15.1. The number of fused-ring (bicyclic) bond motifs is 1. The zero-order valence-corrected chi connectivity index (χ0v) is 12.5. The Labute approximate surface area is 133 Å². The van der Waals surface area contributed by atoms with Crippen LogP contribution in [0.5, 0.6) is 0 Å². The molecule has 2 aromatic rings. The van der Waals surface area contributed by atoms with E-state index in [-0.39, 0.29) is 12.0 Å². The Hall–Kier alpha value is -1.88. The standard InChI is InChI=1S/C17H14ClNO3/c18-11-5-7-12(8-6-11)19-16(20)14-3-1-2-4-15(14)17(19)22-10-13-9-21-13/h1-8,13,17H,9-10H2. The first-order chi connectivity index (χ1) is 10.7. The third-order valence-corrected chi connectivity index (χ3v) is 4.11. The van der Waals surface area contributed by atoms with E-state index in [9.17, 15) is 4.79 Å². The van der Waals surface area contributed by atoms with Crippen molar-refractivity contribution in [2.24, 2.45) is 0 Å². The first kappa shape index (κ1) is 13.8. The van der Waals surface area contributed by atoms with Crippen LogP contribution in [0.1, 0.15) is 22.1 Å². The van der Waals surface area contributed by atoms with Crippen LogP contribution >= 0.6 is 11.6 Å². The molecule has 1 amide bonds. The Morgan fingerprint density at radius 3 is 2.64 bits per heavy atom. The van der Waals surface area contributed by atoms with Crippen molar-refractivity contribution in [3.05, 3.63) is 64.7 Å². The molecule has 2 heterocycles. The van der Waals surface area contributed by atoms with E-state index in [0.717, 1.165) is 17.9 Å². The molecule has 4 nitrogen and oxygen atoms in total. The van der Waals surface area contributed by atoms with Crippen molar-refractivity contribution < 1.29 is 14.3 Å². The molecule has 0 radical (unpaired) electrons. The Bertz CT molecular complexity index is 712. The lowest BCUT2D eigenvalue weighted by Gasteiger charge is -2.25. The molecular formula is C17H14ClNO3. The second-order valence-electron chi connectivity index (χ2n) is 5.38. The lowest BCUT2D eigenvalue weighted by Crippen LogP contribution is -2.30. The van der Waals surface area contributed by atoms with E-state index in [0.29, 0.717) is 17.2 Å². The Kier molecular flexibility index (Phi) is 3.37. The molecule has 0 spiro atoms. The second-order valence-corrected chi connectivity index (χ2v) is 5.82. The zero-order valence-electron chi connectivity index (χ0n) is 11.7. The molecule has 2 aliphatic heterocycles. The van der Waals surface area contributed by atoms with Crippen LogP contribution in [0.3, 0.4) is 0 Å². The van der Waals surface area contributed by atoms with Crippen molar-refractivity contribution in [2.75, 3.05) is 18.1 Å². The van der Waals surface area contributed by atoms with Crippen LogP contribution in [0, 0.1) is 0 Å². The number of benzene rings is 2. The highest BCUT2D eigenvalue weighted by Crippen LogP contribution is 2.38. The van der Waals surface area contributed by atoms with Gasteiger partial charge >= 0.3 is 0 Å². The maximum Gasteiger partial charge on any atom is 0.261 e. The van der Waals surface area contributed by atoms with Gasteiger partial charge in [0.15, 0.2) is 6.23 Å². The van der Waals surface area contributed by atoms with Crippen LogP contribution in [-0.4, -0.2) is 25.2 Å². The molecule has 0 aliphatic carbocycles. The molecule has 22 heavy (non-hydrogen) atoms. The number of ether oxygens (including phenoxy) is 2. The van der Waals surface area contributed by atoms with Gasteiger partial charge in [-0.05, 0) is 30.3 Å². The van der Waals surface area contributed by atoms with Gasteiger partial charge in [-0.25, -0.2) is 0 Å². The molecule has 2 aliphatic rings. The molecule has 0 N–H and O–H groups in total. The van der Waals surface area contributed by atoms with Crippen molar-refractivity contribution in [1.29, 1.82) is 0 Å². The van der Waals surface area contributed by atoms with E-state index in [4.69, 9.17) is 21.1 Å². The Morgan fingerprint density at radius 2 is 1.91 bits per heavy atom. The number of carbonyl (C=O) groups excluding carboxylic acids is 1. The monoisotopic (exact) mass is 315 g/mol. The normalized spacial score (nSPS) is 22.8. The summed E-state index contributed by atoms with van der Waals surface area (Å²) < 4.78 is 11.2. The smallest absolute Gasteiger partial charge is 0.261 e. The van der Waals surface area contributed by atoms with Crippen LogP contribution < -0.4 is 4.90 Å². The quantitative estimate of drug-likeness (QED) is 0.812. The molecule has 1 saturated heterocycles. The van der Waals surface area contributed by atoms with Gasteiger partial charge in [0.2, 0.25) is 0 Å². The summed E-state index contributed by atoms with van der Waals surface area (Å²) in [4.78, 5) is 14.4. The number of rotatable bonds is 4. The van der Waals surface area contributed by atoms with Crippen LogP contribution in [0.15, 0.2) is 48.5 Å². The van der Waals surface area contributed by atoms with Gasteiger partial charge in [-0.3, -0.25) is 9.69 Å². The minimum Gasteiger partial charge on any atom is -0.371 e. The molecule has 5 heteroatoms. The van der Waals surface area contributed by atoms with Crippen molar-refractivity contribution in [3.8, 4) is 0 Å². The van der Waals surface area contributed by atoms with E-state index in [2.05, 4.69) is 0 Å². The van der Waals surface area contributed by atoms with Crippen molar-refractivity contribution >= 4 is 23.2 Å². The third-order valence-electron chi connectivity index (χ3n) is 3.86. The predicted octanol–water partition coefficient (Wildman–Crippen LogP) is 3.41. The lowest BCUT2D eigenvalue weighted by molar-refractivity contribution is 0.0428. The van der Waals surface area contributed by atoms with Crippen molar-refractivity contribution in [1.82, 2.24) is 0 Å². The average Bonchev–Trinajstić information content (AvgIpc) is 3.32. The van der Waals surface area contributed by atoms with E-state index >= 15 is 0 Å². The number of halogens is 1. The largest absolute Gasteiger partial charge is 0.371 e. The van der Waals surface area contributed by atoms with Gasteiger partial charge in [0.1, 0.15) is 6.10 Å². The first-order valence-electron chi connectivity index (χ1n) is 7.15. The van der Waals surface area contributed by atoms with Gasteiger partial charge in [-0.15, -0.1) is 0 Å². The number of epoxide rings is 1. The summed E-state index contributed by atoms with van der Waals surface area (Å²) in [6.07, 6.45) is -0.274. The highest BCUT2D eigenvalue weighted by atomic mass is 35.5. The average molecular weight is 316 g/mol.